The van der Waals surface area contributed by atoms with Crippen molar-refractivity contribution in [3.05, 3.63) is 12.2 Å². The van der Waals surface area contributed by atoms with Gasteiger partial charge in [0.15, 0.2) is 0 Å². The molecule has 1 saturated heterocycles. The molecular formula is C16H30O5. The minimum atomic E-state index is -1.02. The van der Waals surface area contributed by atoms with Crippen LogP contribution >= 0.6 is 0 Å². The monoisotopic (exact) mass is 302 g/mol. The summed E-state index contributed by atoms with van der Waals surface area (Å²) >= 11 is 0. The fourth-order valence-electron chi connectivity index (χ4n) is 2.48. The summed E-state index contributed by atoms with van der Waals surface area (Å²) in [4.78, 5) is 0. The summed E-state index contributed by atoms with van der Waals surface area (Å²) < 4.78 is 10.8. The van der Waals surface area contributed by atoms with Crippen LogP contribution in [0.4, 0.5) is 0 Å². The van der Waals surface area contributed by atoms with Crippen molar-refractivity contribution < 1.29 is 24.8 Å². The highest BCUT2D eigenvalue weighted by Crippen LogP contribution is 2.20. The predicted octanol–water partition coefficient (Wildman–Crippen LogP) is 1.40. The third kappa shape index (κ3) is 6.89. The predicted molar refractivity (Wildman–Crippen MR) is 81.1 cm³/mol. The Balaban J connectivity index is 2.15. The van der Waals surface area contributed by atoms with Gasteiger partial charge in [-0.15, -0.1) is 0 Å². The summed E-state index contributed by atoms with van der Waals surface area (Å²) in [7, 11) is 0. The SMILES string of the molecule is CCCCCCC/C=C/CO[C@H]1[C@@H]([C@H](O)CO)OC[C@@H]1O. The van der Waals surface area contributed by atoms with Crippen LogP contribution in [0, 0.1) is 0 Å². The molecule has 1 fully saturated rings. The standard InChI is InChI=1S/C16H30O5/c1-2-3-4-5-6-7-8-9-10-20-16-14(19)12-21-15(16)13(18)11-17/h8-9,13-19H,2-7,10-12H2,1H3/b9-8+/t13-,14+,15-,16-/m1/s1. The number of hydrogen-bond acceptors (Lipinski definition) is 5. The van der Waals surface area contributed by atoms with E-state index in [0.29, 0.717) is 6.61 Å². The van der Waals surface area contributed by atoms with Crippen molar-refractivity contribution in [2.24, 2.45) is 0 Å². The number of unbranched alkanes of at least 4 members (excludes halogenated alkanes) is 5. The van der Waals surface area contributed by atoms with Crippen LogP contribution in [0.3, 0.4) is 0 Å². The van der Waals surface area contributed by atoms with E-state index < -0.39 is 31.0 Å². The molecule has 0 aromatic rings. The number of aliphatic hydroxyl groups is 3. The van der Waals surface area contributed by atoms with Gasteiger partial charge in [-0.2, -0.15) is 0 Å². The van der Waals surface area contributed by atoms with Crippen LogP contribution in [-0.4, -0.2) is 59.6 Å². The molecule has 1 rings (SSSR count). The Morgan fingerprint density at radius 2 is 2.00 bits per heavy atom. The Morgan fingerprint density at radius 1 is 1.24 bits per heavy atom. The second-order valence-electron chi connectivity index (χ2n) is 5.59. The summed E-state index contributed by atoms with van der Waals surface area (Å²) in [5.41, 5.74) is 0. The fraction of sp³-hybridized carbons (Fsp3) is 0.875. The molecule has 5 nitrogen and oxygen atoms in total. The van der Waals surface area contributed by atoms with Crippen LogP contribution in [0.1, 0.15) is 45.4 Å². The van der Waals surface area contributed by atoms with E-state index in [0.717, 1.165) is 6.42 Å². The van der Waals surface area contributed by atoms with Crippen LogP contribution < -0.4 is 0 Å². The topological polar surface area (TPSA) is 79.2 Å². The average molecular weight is 302 g/mol. The van der Waals surface area contributed by atoms with Gasteiger partial charge in [-0.25, -0.2) is 0 Å². The summed E-state index contributed by atoms with van der Waals surface area (Å²) in [5, 5.41) is 28.3. The number of hydrogen-bond donors (Lipinski definition) is 3. The van der Waals surface area contributed by atoms with Crippen molar-refractivity contribution in [1.29, 1.82) is 0 Å². The van der Waals surface area contributed by atoms with Gasteiger partial charge in [0.25, 0.3) is 0 Å². The zero-order chi connectivity index (χ0) is 15.5. The maximum atomic E-state index is 9.76. The molecule has 0 aromatic carbocycles. The smallest absolute Gasteiger partial charge is 0.115 e. The molecule has 0 saturated carbocycles. The largest absolute Gasteiger partial charge is 0.394 e. The lowest BCUT2D eigenvalue weighted by Crippen LogP contribution is -2.42. The molecule has 0 radical (unpaired) electrons. The fourth-order valence-corrected chi connectivity index (χ4v) is 2.48. The normalized spacial score (nSPS) is 27.5. The van der Waals surface area contributed by atoms with Gasteiger partial charge in [0.05, 0.1) is 19.8 Å². The third-order valence-corrected chi connectivity index (χ3v) is 3.75. The van der Waals surface area contributed by atoms with Crippen LogP contribution in [-0.2, 0) is 9.47 Å². The van der Waals surface area contributed by atoms with Crippen LogP contribution in [0.5, 0.6) is 0 Å². The van der Waals surface area contributed by atoms with E-state index in [9.17, 15) is 10.2 Å². The number of ether oxygens (including phenoxy) is 2. The molecule has 0 aromatic heterocycles. The third-order valence-electron chi connectivity index (χ3n) is 3.75. The van der Waals surface area contributed by atoms with Gasteiger partial charge < -0.3 is 24.8 Å². The van der Waals surface area contributed by atoms with Gasteiger partial charge in [-0.1, -0.05) is 44.8 Å². The van der Waals surface area contributed by atoms with E-state index in [1.54, 1.807) is 0 Å². The minimum Gasteiger partial charge on any atom is -0.394 e. The van der Waals surface area contributed by atoms with Gasteiger partial charge in [-0.3, -0.25) is 0 Å². The van der Waals surface area contributed by atoms with E-state index in [-0.39, 0.29) is 6.61 Å². The molecule has 0 unspecified atom stereocenters. The Labute approximate surface area is 127 Å². The van der Waals surface area contributed by atoms with Gasteiger partial charge in [-0.05, 0) is 12.8 Å². The highest BCUT2D eigenvalue weighted by molar-refractivity contribution is 4.90. The van der Waals surface area contributed by atoms with Crippen LogP contribution in [0.25, 0.3) is 0 Å². The Hall–Kier alpha value is -0.460. The highest BCUT2D eigenvalue weighted by Gasteiger charge is 2.40. The van der Waals surface area contributed by atoms with Crippen molar-refractivity contribution >= 4 is 0 Å². The minimum absolute atomic E-state index is 0.132. The van der Waals surface area contributed by atoms with Gasteiger partial charge in [0.2, 0.25) is 0 Å². The summed E-state index contributed by atoms with van der Waals surface area (Å²) in [6, 6.07) is 0. The molecule has 3 N–H and O–H groups in total. The number of rotatable bonds is 11. The molecule has 5 heteroatoms. The van der Waals surface area contributed by atoms with E-state index in [1.807, 2.05) is 6.08 Å². The molecule has 0 bridgehead atoms. The zero-order valence-electron chi connectivity index (χ0n) is 13.0. The summed E-state index contributed by atoms with van der Waals surface area (Å²) in [5.74, 6) is 0. The molecular weight excluding hydrogens is 272 g/mol. The first kappa shape index (κ1) is 18.6. The number of aliphatic hydroxyl groups excluding tert-OH is 3. The van der Waals surface area contributed by atoms with E-state index >= 15 is 0 Å². The van der Waals surface area contributed by atoms with Crippen molar-refractivity contribution in [2.45, 2.75) is 69.9 Å². The highest BCUT2D eigenvalue weighted by atomic mass is 16.6. The van der Waals surface area contributed by atoms with Crippen molar-refractivity contribution in [2.75, 3.05) is 19.8 Å². The molecule has 1 heterocycles. The average Bonchev–Trinajstić information content (AvgIpc) is 2.86. The van der Waals surface area contributed by atoms with Gasteiger partial charge in [0.1, 0.15) is 24.4 Å². The molecule has 124 valence electrons. The lowest BCUT2D eigenvalue weighted by atomic mass is 10.1. The lowest BCUT2D eigenvalue weighted by Gasteiger charge is -2.23. The molecule has 4 atom stereocenters. The van der Waals surface area contributed by atoms with Gasteiger partial charge in [0, 0.05) is 0 Å². The quantitative estimate of drug-likeness (QED) is 0.397. The first-order valence-electron chi connectivity index (χ1n) is 8.05. The van der Waals surface area contributed by atoms with E-state index in [1.165, 1.54) is 32.1 Å². The first-order valence-corrected chi connectivity index (χ1v) is 8.05. The summed E-state index contributed by atoms with van der Waals surface area (Å²) in [6.07, 6.45) is 8.38. The Morgan fingerprint density at radius 3 is 2.71 bits per heavy atom. The second-order valence-corrected chi connectivity index (χ2v) is 5.59. The van der Waals surface area contributed by atoms with Crippen molar-refractivity contribution in [3.63, 3.8) is 0 Å². The molecule has 0 amide bonds. The maximum absolute atomic E-state index is 9.76. The van der Waals surface area contributed by atoms with Gasteiger partial charge >= 0.3 is 0 Å². The number of allylic oxidation sites excluding steroid dienone is 1. The Bertz CT molecular complexity index is 282. The maximum Gasteiger partial charge on any atom is 0.115 e. The van der Waals surface area contributed by atoms with E-state index in [4.69, 9.17) is 14.6 Å². The first-order chi connectivity index (χ1) is 10.2. The van der Waals surface area contributed by atoms with Crippen LogP contribution in [0.2, 0.25) is 0 Å². The molecule has 1 aliphatic heterocycles. The summed E-state index contributed by atoms with van der Waals surface area (Å²) in [6.45, 7) is 2.33. The molecule has 0 spiro atoms. The zero-order valence-corrected chi connectivity index (χ0v) is 13.0. The van der Waals surface area contributed by atoms with Crippen molar-refractivity contribution in [1.82, 2.24) is 0 Å². The lowest BCUT2D eigenvalue weighted by molar-refractivity contribution is -0.0879. The molecule has 1 aliphatic rings. The van der Waals surface area contributed by atoms with Crippen molar-refractivity contribution in [3.8, 4) is 0 Å². The Kier molecular flexibility index (Phi) is 9.87. The second kappa shape index (κ2) is 11.2. The molecule has 21 heavy (non-hydrogen) atoms. The molecule has 0 aliphatic carbocycles. The van der Waals surface area contributed by atoms with Crippen LogP contribution in [0.15, 0.2) is 12.2 Å². The van der Waals surface area contributed by atoms with E-state index in [2.05, 4.69) is 13.0 Å².